The van der Waals surface area contributed by atoms with Crippen molar-refractivity contribution < 1.29 is 4.39 Å². The first kappa shape index (κ1) is 13.4. The molecule has 1 unspecified atom stereocenters. The number of nitrogens with zero attached hydrogens (tertiary/aromatic N) is 1. The molecule has 0 saturated heterocycles. The van der Waals surface area contributed by atoms with Gasteiger partial charge in [-0.3, -0.25) is 4.99 Å². The quantitative estimate of drug-likeness (QED) is 0.884. The lowest BCUT2D eigenvalue weighted by molar-refractivity contribution is 0.436. The van der Waals surface area contributed by atoms with E-state index in [4.69, 9.17) is 0 Å². The first-order valence-corrected chi connectivity index (χ1v) is 7.15. The van der Waals surface area contributed by atoms with Crippen molar-refractivity contribution in [1.29, 1.82) is 0 Å². The van der Waals surface area contributed by atoms with E-state index < -0.39 is 0 Å². The fourth-order valence-corrected chi connectivity index (χ4v) is 2.85. The van der Waals surface area contributed by atoms with E-state index in [2.05, 4.69) is 24.2 Å². The molecule has 0 saturated carbocycles. The lowest BCUT2D eigenvalue weighted by atomic mass is 9.97. The van der Waals surface area contributed by atoms with Crippen LogP contribution in [-0.2, 0) is 0 Å². The molecule has 0 amide bonds. The van der Waals surface area contributed by atoms with Crippen LogP contribution in [0.25, 0.3) is 0 Å². The van der Waals surface area contributed by atoms with Gasteiger partial charge in [-0.15, -0.1) is 0 Å². The van der Waals surface area contributed by atoms with Crippen LogP contribution in [0.3, 0.4) is 0 Å². The molecule has 0 spiro atoms. The van der Waals surface area contributed by atoms with Crippen LogP contribution >= 0.6 is 11.8 Å². The Morgan fingerprint density at radius 3 is 2.72 bits per heavy atom. The second kappa shape index (κ2) is 5.31. The summed E-state index contributed by atoms with van der Waals surface area (Å²) in [7, 11) is 0. The Morgan fingerprint density at radius 1 is 1.39 bits per heavy atom. The zero-order valence-corrected chi connectivity index (χ0v) is 11.9. The highest BCUT2D eigenvalue weighted by atomic mass is 32.2. The Morgan fingerprint density at radius 2 is 2.11 bits per heavy atom. The van der Waals surface area contributed by atoms with Crippen molar-refractivity contribution in [2.45, 2.75) is 26.8 Å². The zero-order valence-electron chi connectivity index (χ0n) is 11.0. The number of rotatable bonds is 2. The molecule has 1 heterocycles. The number of thioether (sulfide) groups is 1. The number of hydrogen-bond donors (Lipinski definition) is 1. The van der Waals surface area contributed by atoms with E-state index in [0.29, 0.717) is 5.56 Å². The molecule has 2 rings (SSSR count). The van der Waals surface area contributed by atoms with E-state index in [0.717, 1.165) is 17.5 Å². The predicted molar refractivity (Wildman–Crippen MR) is 76.5 cm³/mol. The van der Waals surface area contributed by atoms with Crippen molar-refractivity contribution in [3.8, 4) is 0 Å². The largest absolute Gasteiger partial charge is 0.358 e. The van der Waals surface area contributed by atoms with Crippen molar-refractivity contribution in [3.05, 3.63) is 35.6 Å². The molecule has 0 radical (unpaired) electrons. The second-order valence-corrected chi connectivity index (χ2v) is 6.43. The van der Waals surface area contributed by atoms with Gasteiger partial charge in [-0.25, -0.2) is 4.39 Å². The van der Waals surface area contributed by atoms with Crippen LogP contribution in [0.15, 0.2) is 29.3 Å². The van der Waals surface area contributed by atoms with Crippen LogP contribution in [0.1, 0.15) is 32.4 Å². The van der Waals surface area contributed by atoms with Gasteiger partial charge in [-0.05, 0) is 18.4 Å². The van der Waals surface area contributed by atoms with Crippen molar-refractivity contribution in [3.63, 3.8) is 0 Å². The van der Waals surface area contributed by atoms with Gasteiger partial charge in [-0.1, -0.05) is 43.8 Å². The molecule has 1 atom stereocenters. The summed E-state index contributed by atoms with van der Waals surface area (Å²) in [6.45, 7) is 7.20. The Labute approximate surface area is 112 Å². The summed E-state index contributed by atoms with van der Waals surface area (Å²) in [5, 5.41) is 4.21. The maximum absolute atomic E-state index is 13.6. The topological polar surface area (TPSA) is 24.4 Å². The molecule has 0 bridgehead atoms. The van der Waals surface area contributed by atoms with E-state index in [1.54, 1.807) is 17.8 Å². The average Bonchev–Trinajstić information content (AvgIpc) is 2.32. The van der Waals surface area contributed by atoms with E-state index in [1.165, 1.54) is 6.07 Å². The van der Waals surface area contributed by atoms with Gasteiger partial charge in [0.05, 0.1) is 6.04 Å². The van der Waals surface area contributed by atoms with Crippen molar-refractivity contribution >= 4 is 16.9 Å². The SMILES string of the molecule is CC(NC1=NCC(C)(C)CS1)c1ccccc1F. The van der Waals surface area contributed by atoms with Crippen LogP contribution in [0.4, 0.5) is 4.39 Å². The molecule has 1 aromatic rings. The van der Waals surface area contributed by atoms with Gasteiger partial charge < -0.3 is 5.32 Å². The van der Waals surface area contributed by atoms with E-state index in [1.807, 2.05) is 19.1 Å². The Balaban J connectivity index is 2.03. The zero-order chi connectivity index (χ0) is 13.2. The van der Waals surface area contributed by atoms with Crippen molar-refractivity contribution in [1.82, 2.24) is 5.32 Å². The molecule has 0 fully saturated rings. The summed E-state index contributed by atoms with van der Waals surface area (Å²) in [5.74, 6) is 0.877. The minimum Gasteiger partial charge on any atom is -0.358 e. The van der Waals surface area contributed by atoms with Crippen LogP contribution < -0.4 is 5.32 Å². The first-order valence-electron chi connectivity index (χ1n) is 6.16. The van der Waals surface area contributed by atoms with Gasteiger partial charge in [0.25, 0.3) is 0 Å². The highest BCUT2D eigenvalue weighted by molar-refractivity contribution is 8.13. The monoisotopic (exact) mass is 266 g/mol. The fourth-order valence-electron chi connectivity index (χ4n) is 1.82. The molecule has 18 heavy (non-hydrogen) atoms. The summed E-state index contributed by atoms with van der Waals surface area (Å²) in [5.41, 5.74) is 0.947. The van der Waals surface area contributed by atoms with Crippen LogP contribution in [-0.4, -0.2) is 17.5 Å². The molecule has 4 heteroatoms. The van der Waals surface area contributed by atoms with E-state index in [9.17, 15) is 4.39 Å². The second-order valence-electron chi connectivity index (χ2n) is 5.46. The Bertz CT molecular complexity index is 457. The third-order valence-electron chi connectivity index (χ3n) is 2.96. The third kappa shape index (κ3) is 3.25. The van der Waals surface area contributed by atoms with Crippen LogP contribution in [0, 0.1) is 11.2 Å². The predicted octanol–water partition coefficient (Wildman–Crippen LogP) is 3.61. The van der Waals surface area contributed by atoms with Gasteiger partial charge in [0.15, 0.2) is 5.17 Å². The molecular weight excluding hydrogens is 247 g/mol. The molecule has 1 aromatic carbocycles. The Kier molecular flexibility index (Phi) is 3.95. The molecule has 1 N–H and O–H groups in total. The van der Waals surface area contributed by atoms with E-state index >= 15 is 0 Å². The van der Waals surface area contributed by atoms with Gasteiger partial charge in [0, 0.05) is 17.9 Å². The molecule has 0 aliphatic carbocycles. The first-order chi connectivity index (χ1) is 8.48. The summed E-state index contributed by atoms with van der Waals surface area (Å²) in [6.07, 6.45) is 0. The maximum atomic E-state index is 13.6. The normalized spacial score (nSPS) is 20.1. The van der Waals surface area contributed by atoms with Gasteiger partial charge in [-0.2, -0.15) is 0 Å². The number of nitrogens with one attached hydrogen (secondary N) is 1. The molecule has 0 aromatic heterocycles. The molecular formula is C14H19FN2S. The molecule has 1 aliphatic heterocycles. The van der Waals surface area contributed by atoms with Crippen LogP contribution in [0.5, 0.6) is 0 Å². The highest BCUT2D eigenvalue weighted by Crippen LogP contribution is 2.28. The number of hydrogen-bond acceptors (Lipinski definition) is 3. The molecule has 98 valence electrons. The standard InChI is InChI=1S/C14H19FN2S/c1-10(11-6-4-5-7-12(11)15)17-13-16-8-14(2,3)9-18-13/h4-7,10H,8-9H2,1-3H3,(H,16,17). The molecule has 1 aliphatic rings. The molecule has 2 nitrogen and oxygen atoms in total. The number of amidine groups is 1. The Hall–Kier alpha value is -1.03. The fraction of sp³-hybridized carbons (Fsp3) is 0.500. The summed E-state index contributed by atoms with van der Waals surface area (Å²) >= 11 is 1.72. The highest BCUT2D eigenvalue weighted by Gasteiger charge is 2.24. The number of halogens is 1. The van der Waals surface area contributed by atoms with Gasteiger partial charge in [0.1, 0.15) is 5.82 Å². The number of aliphatic imine (C=N–C) groups is 1. The number of benzene rings is 1. The minimum absolute atomic E-state index is 0.0568. The van der Waals surface area contributed by atoms with Gasteiger partial charge >= 0.3 is 0 Å². The lowest BCUT2D eigenvalue weighted by Gasteiger charge is -2.28. The average molecular weight is 266 g/mol. The van der Waals surface area contributed by atoms with Crippen LogP contribution in [0.2, 0.25) is 0 Å². The van der Waals surface area contributed by atoms with Gasteiger partial charge in [0.2, 0.25) is 0 Å². The van der Waals surface area contributed by atoms with Crippen molar-refractivity contribution in [2.24, 2.45) is 10.4 Å². The summed E-state index contributed by atoms with van der Waals surface area (Å²) in [6, 6.07) is 6.81. The lowest BCUT2D eigenvalue weighted by Crippen LogP contribution is -2.32. The summed E-state index contributed by atoms with van der Waals surface area (Å²) < 4.78 is 13.6. The maximum Gasteiger partial charge on any atom is 0.157 e. The van der Waals surface area contributed by atoms with Crippen molar-refractivity contribution in [2.75, 3.05) is 12.3 Å². The summed E-state index contributed by atoms with van der Waals surface area (Å²) in [4.78, 5) is 4.52. The third-order valence-corrected chi connectivity index (χ3v) is 4.41. The minimum atomic E-state index is -0.167. The van der Waals surface area contributed by atoms with E-state index in [-0.39, 0.29) is 17.3 Å². The smallest absolute Gasteiger partial charge is 0.157 e.